The second-order valence-corrected chi connectivity index (χ2v) is 7.74. The fourth-order valence-corrected chi connectivity index (χ4v) is 4.91. The van der Waals surface area contributed by atoms with E-state index in [0.29, 0.717) is 6.54 Å². The first-order valence-corrected chi connectivity index (χ1v) is 9.51. The van der Waals surface area contributed by atoms with E-state index in [1.165, 1.54) is 0 Å². The number of carbonyl (C=O) groups excluding carboxylic acids is 3. The molecule has 1 saturated carbocycles. The molecule has 7 heteroatoms. The zero-order valence-electron chi connectivity index (χ0n) is 15.2. The molecule has 5 rings (SSSR count). The molecule has 2 fully saturated rings. The highest BCUT2D eigenvalue weighted by atomic mass is 16.2. The van der Waals surface area contributed by atoms with Crippen molar-refractivity contribution in [2.75, 3.05) is 0 Å². The monoisotopic (exact) mass is 376 g/mol. The molecule has 3 amide bonds. The Kier molecular flexibility index (Phi) is 3.72. The predicted molar refractivity (Wildman–Crippen MR) is 103 cm³/mol. The third-order valence-corrected chi connectivity index (χ3v) is 6.18. The van der Waals surface area contributed by atoms with E-state index in [9.17, 15) is 14.4 Å². The molecule has 142 valence electrons. The van der Waals surface area contributed by atoms with Crippen LogP contribution in [0.1, 0.15) is 18.4 Å². The van der Waals surface area contributed by atoms with Gasteiger partial charge in [0, 0.05) is 35.6 Å². The van der Waals surface area contributed by atoms with Crippen LogP contribution in [0, 0.1) is 23.7 Å². The summed E-state index contributed by atoms with van der Waals surface area (Å²) in [5.74, 6) is -0.921. The van der Waals surface area contributed by atoms with Gasteiger partial charge in [0.25, 0.3) is 11.8 Å². The molecule has 1 saturated heterocycles. The van der Waals surface area contributed by atoms with Crippen molar-refractivity contribution in [1.29, 1.82) is 0 Å². The summed E-state index contributed by atoms with van der Waals surface area (Å²) in [5, 5.41) is 6.26. The summed E-state index contributed by atoms with van der Waals surface area (Å²) in [4.78, 5) is 36.6. The first kappa shape index (κ1) is 16.9. The molecule has 2 aliphatic carbocycles. The summed E-state index contributed by atoms with van der Waals surface area (Å²) >= 11 is 0. The van der Waals surface area contributed by atoms with Crippen LogP contribution < -0.4 is 5.73 Å². The van der Waals surface area contributed by atoms with Gasteiger partial charge in [-0.15, -0.1) is 0 Å². The zero-order valence-corrected chi connectivity index (χ0v) is 15.2. The quantitative estimate of drug-likeness (QED) is 0.488. The van der Waals surface area contributed by atoms with E-state index in [2.05, 4.69) is 17.3 Å². The van der Waals surface area contributed by atoms with Crippen molar-refractivity contribution >= 4 is 34.8 Å². The van der Waals surface area contributed by atoms with Gasteiger partial charge in [0.15, 0.2) is 0 Å². The fraction of sp³-hybridized carbons (Fsp3) is 0.333. The molecule has 28 heavy (non-hydrogen) atoms. The topological polar surface area (TPSA) is 97.8 Å². The Morgan fingerprint density at radius 2 is 1.82 bits per heavy atom. The number of hydrazone groups is 1. The Morgan fingerprint density at radius 3 is 2.50 bits per heavy atom. The van der Waals surface area contributed by atoms with E-state index in [4.69, 9.17) is 5.73 Å². The van der Waals surface area contributed by atoms with Crippen LogP contribution >= 0.6 is 0 Å². The van der Waals surface area contributed by atoms with Crippen molar-refractivity contribution in [2.24, 2.45) is 34.5 Å². The van der Waals surface area contributed by atoms with E-state index in [1.54, 1.807) is 6.21 Å². The number of benzene rings is 1. The highest BCUT2D eigenvalue weighted by Gasteiger charge is 2.59. The number of aryl methyl sites for hydroxylation is 1. The van der Waals surface area contributed by atoms with Crippen LogP contribution in [0.25, 0.3) is 10.9 Å². The SMILES string of the molecule is NC(=O)CCn1cc(/C=N\N2C(=O)[C@@H]3[C@@H](C2=O)[C@H]2C=C[C@H]3C2)c2ccccc21. The molecule has 3 aliphatic rings. The number of allylic oxidation sites excluding steroid dienone is 2. The van der Waals surface area contributed by atoms with Gasteiger partial charge in [-0.1, -0.05) is 30.4 Å². The van der Waals surface area contributed by atoms with Gasteiger partial charge in [-0.05, 0) is 24.3 Å². The van der Waals surface area contributed by atoms with Crippen LogP contribution in [-0.4, -0.2) is 33.5 Å². The number of hydrogen-bond donors (Lipinski definition) is 1. The van der Waals surface area contributed by atoms with Crippen molar-refractivity contribution in [1.82, 2.24) is 9.58 Å². The number of imide groups is 1. The normalized spacial score (nSPS) is 28.2. The molecule has 0 radical (unpaired) electrons. The summed E-state index contributed by atoms with van der Waals surface area (Å²) < 4.78 is 1.94. The number of primary amides is 1. The molecule has 2 bridgehead atoms. The third kappa shape index (κ3) is 2.42. The van der Waals surface area contributed by atoms with Crippen LogP contribution in [-0.2, 0) is 20.9 Å². The minimum atomic E-state index is -0.365. The number of hydrogen-bond acceptors (Lipinski definition) is 4. The minimum absolute atomic E-state index is 0.169. The Bertz CT molecular complexity index is 1040. The van der Waals surface area contributed by atoms with Gasteiger partial charge in [0.1, 0.15) is 0 Å². The Morgan fingerprint density at radius 1 is 1.14 bits per heavy atom. The number of aromatic nitrogens is 1. The van der Waals surface area contributed by atoms with Gasteiger partial charge in [-0.3, -0.25) is 14.4 Å². The standard InChI is InChI=1S/C21H20N4O3/c22-17(26)7-8-24-11-14(15-3-1-2-4-16(15)24)10-23-25-20(27)18-12-5-6-13(9-12)19(18)21(25)28/h1-6,10-13,18-19H,7-9H2,(H2,22,26)/b23-10-/t12-,13-,18-,19-/m0/s1. The highest BCUT2D eigenvalue weighted by molar-refractivity contribution is 6.07. The van der Waals surface area contributed by atoms with E-state index in [0.717, 1.165) is 27.9 Å². The van der Waals surface area contributed by atoms with Crippen LogP contribution in [0.15, 0.2) is 47.7 Å². The van der Waals surface area contributed by atoms with Gasteiger partial charge in [0.05, 0.1) is 18.1 Å². The third-order valence-electron chi connectivity index (χ3n) is 6.18. The summed E-state index contributed by atoms with van der Waals surface area (Å²) in [6.45, 7) is 0.463. The molecule has 0 spiro atoms. The smallest absolute Gasteiger partial charge is 0.254 e. The van der Waals surface area contributed by atoms with Crippen LogP contribution in [0.5, 0.6) is 0 Å². The van der Waals surface area contributed by atoms with Crippen molar-refractivity contribution in [3.8, 4) is 0 Å². The average Bonchev–Trinajstić information content (AvgIpc) is 3.42. The lowest BCUT2D eigenvalue weighted by atomic mass is 9.85. The number of carbonyl (C=O) groups is 3. The van der Waals surface area contributed by atoms with Crippen LogP contribution in [0.3, 0.4) is 0 Å². The lowest BCUT2D eigenvalue weighted by Crippen LogP contribution is -2.28. The number of amides is 3. The Hall–Kier alpha value is -3.22. The van der Waals surface area contributed by atoms with Gasteiger partial charge in [-0.25, -0.2) is 0 Å². The van der Waals surface area contributed by atoms with E-state index < -0.39 is 0 Å². The molecular formula is C21H20N4O3. The number of nitrogens with zero attached hydrogens (tertiary/aromatic N) is 3. The maximum absolute atomic E-state index is 12.8. The van der Waals surface area contributed by atoms with Crippen molar-refractivity contribution < 1.29 is 14.4 Å². The molecule has 2 N–H and O–H groups in total. The molecule has 1 aliphatic heterocycles. The molecule has 1 aromatic carbocycles. The summed E-state index contributed by atoms with van der Waals surface area (Å²) in [6, 6.07) is 7.73. The van der Waals surface area contributed by atoms with Crippen molar-refractivity contribution in [3.63, 3.8) is 0 Å². The molecule has 0 unspecified atom stereocenters. The van der Waals surface area contributed by atoms with Gasteiger partial charge >= 0.3 is 0 Å². The van der Waals surface area contributed by atoms with Crippen LogP contribution in [0.2, 0.25) is 0 Å². The summed E-state index contributed by atoms with van der Waals surface area (Å²) in [5.41, 5.74) is 7.01. The first-order chi connectivity index (χ1) is 13.5. The lowest BCUT2D eigenvalue weighted by molar-refractivity contribution is -0.140. The Labute approximate surface area is 161 Å². The first-order valence-electron chi connectivity index (χ1n) is 9.51. The average molecular weight is 376 g/mol. The lowest BCUT2D eigenvalue weighted by Gasteiger charge is -2.13. The maximum atomic E-state index is 12.8. The molecular weight excluding hydrogens is 356 g/mol. The molecule has 1 aromatic heterocycles. The number of para-hydroxylation sites is 1. The van der Waals surface area contributed by atoms with E-state index >= 15 is 0 Å². The van der Waals surface area contributed by atoms with Gasteiger partial charge in [-0.2, -0.15) is 10.1 Å². The van der Waals surface area contributed by atoms with E-state index in [1.807, 2.05) is 35.0 Å². The largest absolute Gasteiger partial charge is 0.370 e. The number of fused-ring (bicyclic) bond motifs is 6. The van der Waals surface area contributed by atoms with E-state index in [-0.39, 0.29) is 47.8 Å². The highest BCUT2D eigenvalue weighted by Crippen LogP contribution is 2.52. The molecule has 4 atom stereocenters. The number of rotatable bonds is 5. The minimum Gasteiger partial charge on any atom is -0.370 e. The molecule has 2 aromatic rings. The summed E-state index contributed by atoms with van der Waals surface area (Å²) in [7, 11) is 0. The predicted octanol–water partition coefficient (Wildman–Crippen LogP) is 1.66. The molecule has 2 heterocycles. The second kappa shape index (κ2) is 6.15. The second-order valence-electron chi connectivity index (χ2n) is 7.74. The van der Waals surface area contributed by atoms with Crippen LogP contribution in [0.4, 0.5) is 0 Å². The number of nitrogens with two attached hydrogens (primary N) is 1. The summed E-state index contributed by atoms with van der Waals surface area (Å²) in [6.07, 6.45) is 8.70. The van der Waals surface area contributed by atoms with Crippen molar-refractivity contribution in [3.05, 3.63) is 48.2 Å². The Balaban J connectivity index is 1.44. The fourth-order valence-electron chi connectivity index (χ4n) is 4.91. The van der Waals surface area contributed by atoms with Gasteiger partial charge < -0.3 is 10.3 Å². The maximum Gasteiger partial charge on any atom is 0.254 e. The zero-order chi connectivity index (χ0) is 19.4. The van der Waals surface area contributed by atoms with Gasteiger partial charge in [0.2, 0.25) is 5.91 Å². The molecule has 7 nitrogen and oxygen atoms in total. The van der Waals surface area contributed by atoms with Crippen molar-refractivity contribution in [2.45, 2.75) is 19.4 Å².